The maximum absolute atomic E-state index is 13.1. The van der Waals surface area contributed by atoms with Gasteiger partial charge in [-0.15, -0.1) is 0 Å². The van der Waals surface area contributed by atoms with Gasteiger partial charge >= 0.3 is 6.18 Å². The van der Waals surface area contributed by atoms with Gasteiger partial charge in [0.1, 0.15) is 0 Å². The van der Waals surface area contributed by atoms with E-state index in [0.29, 0.717) is 24.6 Å². The molecule has 1 aliphatic heterocycles. The first kappa shape index (κ1) is 19.0. The zero-order chi connectivity index (χ0) is 19.9. The molecular formula is C20H23F3N4O. The molecule has 1 saturated carbocycles. The minimum Gasteiger partial charge on any atom is -0.336 e. The fourth-order valence-electron chi connectivity index (χ4n) is 3.80. The molecule has 5 nitrogen and oxygen atoms in total. The second-order valence-corrected chi connectivity index (χ2v) is 7.60. The Kier molecular flexibility index (Phi) is 4.91. The van der Waals surface area contributed by atoms with Gasteiger partial charge in [0.25, 0.3) is 5.91 Å². The van der Waals surface area contributed by atoms with Crippen LogP contribution in [0.3, 0.4) is 0 Å². The highest BCUT2D eigenvalue weighted by molar-refractivity contribution is 5.95. The van der Waals surface area contributed by atoms with Crippen LogP contribution in [0, 0.1) is 6.92 Å². The van der Waals surface area contributed by atoms with Crippen LogP contribution in [0.4, 0.5) is 13.2 Å². The number of carbonyl (C=O) groups is 1. The minimum absolute atomic E-state index is 0.131. The van der Waals surface area contributed by atoms with E-state index in [4.69, 9.17) is 0 Å². The third kappa shape index (κ3) is 3.92. The smallest absolute Gasteiger partial charge is 0.336 e. The maximum Gasteiger partial charge on any atom is 0.401 e. The Hall–Kier alpha value is -2.35. The van der Waals surface area contributed by atoms with E-state index in [9.17, 15) is 18.0 Å². The lowest BCUT2D eigenvalue weighted by molar-refractivity contribution is -0.148. The molecule has 1 saturated heterocycles. The van der Waals surface area contributed by atoms with Crippen molar-refractivity contribution in [3.8, 4) is 5.69 Å². The normalized spacial score (nSPS) is 18.5. The van der Waals surface area contributed by atoms with Crippen LogP contribution < -0.4 is 0 Å². The molecule has 0 N–H and O–H groups in total. The van der Waals surface area contributed by atoms with Crippen LogP contribution in [0.2, 0.25) is 0 Å². The van der Waals surface area contributed by atoms with Crippen molar-refractivity contribution in [2.45, 2.75) is 31.9 Å². The molecular weight excluding hydrogens is 369 g/mol. The summed E-state index contributed by atoms with van der Waals surface area (Å²) in [6.07, 6.45) is -0.543. The third-order valence-electron chi connectivity index (χ3n) is 5.41. The number of rotatable bonds is 4. The van der Waals surface area contributed by atoms with Gasteiger partial charge in [-0.05, 0) is 31.4 Å². The van der Waals surface area contributed by atoms with Gasteiger partial charge in [-0.1, -0.05) is 18.2 Å². The first-order valence-corrected chi connectivity index (χ1v) is 9.56. The number of para-hydroxylation sites is 1. The lowest BCUT2D eigenvalue weighted by Crippen LogP contribution is -2.51. The molecule has 2 aliphatic rings. The Morgan fingerprint density at radius 1 is 1.14 bits per heavy atom. The second kappa shape index (κ2) is 7.24. The Bertz CT molecular complexity index is 865. The molecule has 1 aromatic heterocycles. The molecule has 2 aromatic rings. The number of hydrogen-bond donors (Lipinski definition) is 0. The lowest BCUT2D eigenvalue weighted by Gasteiger charge is -2.35. The lowest BCUT2D eigenvalue weighted by atomic mass is 10.1. The molecule has 150 valence electrons. The van der Waals surface area contributed by atoms with Crippen LogP contribution in [0.1, 0.15) is 40.4 Å². The van der Waals surface area contributed by atoms with Gasteiger partial charge in [-0.3, -0.25) is 9.69 Å². The van der Waals surface area contributed by atoms with Crippen molar-refractivity contribution >= 4 is 5.91 Å². The summed E-state index contributed by atoms with van der Waals surface area (Å²) in [5.41, 5.74) is 3.54. The van der Waals surface area contributed by atoms with Crippen molar-refractivity contribution in [3.05, 3.63) is 47.3 Å². The van der Waals surface area contributed by atoms with Crippen LogP contribution in [0.5, 0.6) is 0 Å². The number of carbonyl (C=O) groups excluding carboxylic acids is 1. The van der Waals surface area contributed by atoms with E-state index < -0.39 is 12.7 Å². The zero-order valence-electron chi connectivity index (χ0n) is 15.7. The maximum atomic E-state index is 13.1. The molecule has 28 heavy (non-hydrogen) atoms. The molecule has 8 heteroatoms. The number of amides is 1. The molecule has 1 aromatic carbocycles. The molecule has 0 spiro atoms. The van der Waals surface area contributed by atoms with E-state index >= 15 is 0 Å². The molecule has 0 radical (unpaired) electrons. The van der Waals surface area contributed by atoms with Crippen LogP contribution in [-0.4, -0.2) is 64.4 Å². The molecule has 0 unspecified atom stereocenters. The summed E-state index contributed by atoms with van der Waals surface area (Å²) in [6.45, 7) is 2.15. The fraction of sp³-hybridized carbons (Fsp3) is 0.500. The minimum atomic E-state index is -4.21. The largest absolute Gasteiger partial charge is 0.401 e. The highest BCUT2D eigenvalue weighted by atomic mass is 19.4. The highest BCUT2D eigenvalue weighted by Crippen LogP contribution is 2.43. The number of piperazine rings is 1. The van der Waals surface area contributed by atoms with E-state index in [1.807, 2.05) is 35.9 Å². The fourth-order valence-corrected chi connectivity index (χ4v) is 3.80. The predicted octanol–water partition coefficient (Wildman–Crippen LogP) is 3.38. The molecule has 1 amide bonds. The molecule has 0 atom stereocenters. The van der Waals surface area contributed by atoms with Crippen molar-refractivity contribution in [3.63, 3.8) is 0 Å². The van der Waals surface area contributed by atoms with E-state index in [-0.39, 0.29) is 19.0 Å². The quantitative estimate of drug-likeness (QED) is 0.801. The van der Waals surface area contributed by atoms with Gasteiger partial charge < -0.3 is 4.90 Å². The van der Waals surface area contributed by atoms with Crippen molar-refractivity contribution in [2.75, 3.05) is 32.7 Å². The Balaban J connectivity index is 1.54. The predicted molar refractivity (Wildman–Crippen MR) is 98.7 cm³/mol. The summed E-state index contributed by atoms with van der Waals surface area (Å²) in [5.74, 6) is 0.181. The monoisotopic (exact) mass is 392 g/mol. The SMILES string of the molecule is Cc1ccccc1-n1ncc(C(=O)N2CCN(CC(F)(F)F)CC2)c1C1CC1. The molecule has 4 rings (SSSR count). The van der Waals surface area contributed by atoms with Crippen molar-refractivity contribution in [1.82, 2.24) is 19.6 Å². The Morgan fingerprint density at radius 2 is 1.82 bits per heavy atom. The molecule has 2 heterocycles. The van der Waals surface area contributed by atoms with Gasteiger partial charge in [0, 0.05) is 32.1 Å². The van der Waals surface area contributed by atoms with Crippen molar-refractivity contribution in [2.24, 2.45) is 0 Å². The van der Waals surface area contributed by atoms with E-state index in [0.717, 1.165) is 29.8 Å². The molecule has 2 fully saturated rings. The van der Waals surface area contributed by atoms with Crippen LogP contribution in [-0.2, 0) is 0 Å². The zero-order valence-corrected chi connectivity index (χ0v) is 15.7. The van der Waals surface area contributed by atoms with E-state index in [1.165, 1.54) is 4.90 Å². The number of benzene rings is 1. The van der Waals surface area contributed by atoms with Crippen LogP contribution >= 0.6 is 0 Å². The molecule has 1 aliphatic carbocycles. The van der Waals surface area contributed by atoms with E-state index in [1.54, 1.807) is 11.1 Å². The van der Waals surface area contributed by atoms with Crippen LogP contribution in [0.25, 0.3) is 5.69 Å². The highest BCUT2D eigenvalue weighted by Gasteiger charge is 2.36. The Labute approximate surface area is 161 Å². The number of halogens is 3. The van der Waals surface area contributed by atoms with Gasteiger partial charge in [-0.25, -0.2) is 4.68 Å². The first-order chi connectivity index (χ1) is 13.3. The number of hydrogen-bond acceptors (Lipinski definition) is 3. The van der Waals surface area contributed by atoms with Gasteiger partial charge in [0.05, 0.1) is 29.7 Å². The van der Waals surface area contributed by atoms with E-state index in [2.05, 4.69) is 5.10 Å². The summed E-state index contributed by atoms with van der Waals surface area (Å²) < 4.78 is 39.6. The molecule has 0 bridgehead atoms. The first-order valence-electron chi connectivity index (χ1n) is 9.56. The number of nitrogens with zero attached hydrogens (tertiary/aromatic N) is 4. The summed E-state index contributed by atoms with van der Waals surface area (Å²) in [6, 6.07) is 7.90. The standard InChI is InChI=1S/C20H23F3N4O/c1-14-4-2-3-5-17(14)27-18(15-6-7-15)16(12-24-27)19(28)26-10-8-25(9-11-26)13-20(21,22)23/h2-5,12,15H,6-11,13H2,1H3. The summed E-state index contributed by atoms with van der Waals surface area (Å²) in [4.78, 5) is 16.1. The Morgan fingerprint density at radius 3 is 2.43 bits per heavy atom. The summed E-state index contributed by atoms with van der Waals surface area (Å²) in [5, 5.41) is 4.50. The van der Waals surface area contributed by atoms with Crippen molar-refractivity contribution in [1.29, 1.82) is 0 Å². The van der Waals surface area contributed by atoms with Gasteiger partial charge in [-0.2, -0.15) is 18.3 Å². The average Bonchev–Trinajstić information content (AvgIpc) is 3.39. The second-order valence-electron chi connectivity index (χ2n) is 7.60. The number of aryl methyl sites for hydroxylation is 1. The topological polar surface area (TPSA) is 41.4 Å². The average molecular weight is 392 g/mol. The summed E-state index contributed by atoms with van der Waals surface area (Å²) in [7, 11) is 0. The number of alkyl halides is 3. The summed E-state index contributed by atoms with van der Waals surface area (Å²) >= 11 is 0. The number of aromatic nitrogens is 2. The third-order valence-corrected chi connectivity index (χ3v) is 5.41. The van der Waals surface area contributed by atoms with Crippen molar-refractivity contribution < 1.29 is 18.0 Å². The van der Waals surface area contributed by atoms with Crippen LogP contribution in [0.15, 0.2) is 30.5 Å². The van der Waals surface area contributed by atoms with Gasteiger partial charge in [0.15, 0.2) is 0 Å². The van der Waals surface area contributed by atoms with Gasteiger partial charge in [0.2, 0.25) is 0 Å².